The van der Waals surface area contributed by atoms with Crippen LogP contribution >= 0.6 is 0 Å². The van der Waals surface area contributed by atoms with Crippen molar-refractivity contribution in [3.05, 3.63) is 164 Å². The Kier molecular flexibility index (Phi) is 6.18. The largest absolute Gasteiger partial charge is 0.456 e. The maximum atomic E-state index is 6.59. The Labute approximate surface area is 297 Å². The third-order valence-corrected chi connectivity index (χ3v) is 10.1. The molecular formula is C47H27N3O2. The summed E-state index contributed by atoms with van der Waals surface area (Å²) in [6.07, 6.45) is 0. The molecule has 0 aliphatic heterocycles. The summed E-state index contributed by atoms with van der Waals surface area (Å²) < 4.78 is 12.9. The van der Waals surface area contributed by atoms with Crippen LogP contribution in [0, 0.1) is 0 Å². The molecule has 0 radical (unpaired) electrons. The van der Waals surface area contributed by atoms with Gasteiger partial charge in [-0.05, 0) is 69.8 Å². The van der Waals surface area contributed by atoms with Gasteiger partial charge < -0.3 is 8.83 Å². The van der Waals surface area contributed by atoms with Gasteiger partial charge in [0.15, 0.2) is 17.5 Å². The van der Waals surface area contributed by atoms with Gasteiger partial charge in [-0.15, -0.1) is 0 Å². The fraction of sp³-hybridized carbons (Fsp3) is 0. The normalized spacial score (nSPS) is 11.8. The van der Waals surface area contributed by atoms with Gasteiger partial charge in [-0.25, -0.2) is 15.0 Å². The molecule has 52 heavy (non-hydrogen) atoms. The van der Waals surface area contributed by atoms with Gasteiger partial charge in [0.2, 0.25) is 0 Å². The molecule has 3 aromatic heterocycles. The number of nitrogens with zero attached hydrogens (tertiary/aromatic N) is 3. The van der Waals surface area contributed by atoms with Gasteiger partial charge in [0, 0.05) is 43.6 Å². The van der Waals surface area contributed by atoms with Crippen LogP contribution in [0.25, 0.3) is 111 Å². The zero-order chi connectivity index (χ0) is 34.2. The van der Waals surface area contributed by atoms with E-state index in [1.807, 2.05) is 48.5 Å². The Morgan fingerprint density at radius 1 is 0.327 bits per heavy atom. The van der Waals surface area contributed by atoms with Gasteiger partial charge >= 0.3 is 0 Å². The summed E-state index contributed by atoms with van der Waals surface area (Å²) in [7, 11) is 0. The van der Waals surface area contributed by atoms with E-state index in [0.29, 0.717) is 17.5 Å². The van der Waals surface area contributed by atoms with Crippen molar-refractivity contribution in [2.75, 3.05) is 0 Å². The lowest BCUT2D eigenvalue weighted by Gasteiger charge is -2.10. The molecule has 0 atom stereocenters. The lowest BCUT2D eigenvalue weighted by molar-refractivity contribution is 0.669. The highest BCUT2D eigenvalue weighted by atomic mass is 16.3. The fourth-order valence-corrected chi connectivity index (χ4v) is 7.64. The molecule has 0 bridgehead atoms. The molecule has 11 aromatic rings. The molecule has 5 heteroatoms. The van der Waals surface area contributed by atoms with Crippen molar-refractivity contribution >= 4 is 65.4 Å². The van der Waals surface area contributed by atoms with Crippen LogP contribution in [0.1, 0.15) is 0 Å². The van der Waals surface area contributed by atoms with E-state index in [0.717, 1.165) is 87.7 Å². The standard InChI is InChI=1S/C47H27N3O2/c1-2-12-29(13-3-1)37-27-39-38-26-32(23-24-41(38)52-44(39)34-16-7-6-15-33(34)37)46-48-45(31-22-21-28-11-4-5-14-30(28)25-31)49-47(50-46)36-18-10-20-42-43(36)35-17-8-9-19-40(35)51-42/h1-27H. The third kappa shape index (κ3) is 4.46. The lowest BCUT2D eigenvalue weighted by atomic mass is 9.95. The van der Waals surface area contributed by atoms with Crippen molar-refractivity contribution in [2.45, 2.75) is 0 Å². The van der Waals surface area contributed by atoms with Crippen molar-refractivity contribution < 1.29 is 8.83 Å². The molecule has 0 N–H and O–H groups in total. The summed E-state index contributed by atoms with van der Waals surface area (Å²) in [5.74, 6) is 1.77. The predicted octanol–water partition coefficient (Wildman–Crippen LogP) is 12.6. The third-order valence-electron chi connectivity index (χ3n) is 10.1. The zero-order valence-electron chi connectivity index (χ0n) is 27.7. The second-order valence-corrected chi connectivity index (χ2v) is 13.2. The minimum atomic E-state index is 0.582. The number of hydrogen-bond acceptors (Lipinski definition) is 5. The van der Waals surface area contributed by atoms with Gasteiger partial charge in [-0.2, -0.15) is 0 Å². The lowest BCUT2D eigenvalue weighted by Crippen LogP contribution is -2.00. The van der Waals surface area contributed by atoms with E-state index >= 15 is 0 Å². The molecule has 0 spiro atoms. The smallest absolute Gasteiger partial charge is 0.164 e. The van der Waals surface area contributed by atoms with E-state index in [1.165, 1.54) is 5.56 Å². The maximum Gasteiger partial charge on any atom is 0.164 e. The molecule has 8 aromatic carbocycles. The Hall–Kier alpha value is -7.11. The molecule has 0 unspecified atom stereocenters. The molecular weight excluding hydrogens is 639 g/mol. The number of rotatable bonds is 4. The molecule has 0 fully saturated rings. The average Bonchev–Trinajstić information content (AvgIpc) is 3.79. The molecule has 0 saturated heterocycles. The Morgan fingerprint density at radius 3 is 1.85 bits per heavy atom. The quantitative estimate of drug-likeness (QED) is 0.187. The highest BCUT2D eigenvalue weighted by Crippen LogP contribution is 2.41. The zero-order valence-corrected chi connectivity index (χ0v) is 27.7. The molecule has 0 aliphatic rings. The van der Waals surface area contributed by atoms with E-state index in [1.54, 1.807) is 0 Å². The van der Waals surface area contributed by atoms with Crippen LogP contribution < -0.4 is 0 Å². The molecule has 0 aliphatic carbocycles. The van der Waals surface area contributed by atoms with E-state index in [9.17, 15) is 0 Å². The maximum absolute atomic E-state index is 6.59. The van der Waals surface area contributed by atoms with Gasteiger partial charge in [0.05, 0.1) is 0 Å². The number of para-hydroxylation sites is 1. The van der Waals surface area contributed by atoms with Crippen LogP contribution in [0.15, 0.2) is 173 Å². The molecule has 11 rings (SSSR count). The topological polar surface area (TPSA) is 65.0 Å². The van der Waals surface area contributed by atoms with Crippen LogP contribution in [-0.4, -0.2) is 15.0 Å². The average molecular weight is 666 g/mol. The minimum absolute atomic E-state index is 0.582. The second kappa shape index (κ2) is 11.2. The summed E-state index contributed by atoms with van der Waals surface area (Å²) in [6.45, 7) is 0. The Morgan fingerprint density at radius 2 is 0.981 bits per heavy atom. The molecule has 242 valence electrons. The first kappa shape index (κ1) is 28.7. The number of aromatic nitrogens is 3. The van der Waals surface area contributed by atoms with Gasteiger partial charge in [0.25, 0.3) is 0 Å². The van der Waals surface area contributed by atoms with Crippen LogP contribution in [0.3, 0.4) is 0 Å². The van der Waals surface area contributed by atoms with Gasteiger partial charge in [0.1, 0.15) is 22.3 Å². The van der Waals surface area contributed by atoms with E-state index < -0.39 is 0 Å². The Bertz CT molecular complexity index is 3190. The first-order valence-corrected chi connectivity index (χ1v) is 17.3. The summed E-state index contributed by atoms with van der Waals surface area (Å²) in [5, 5.41) is 8.59. The van der Waals surface area contributed by atoms with Crippen molar-refractivity contribution in [2.24, 2.45) is 0 Å². The number of hydrogen-bond donors (Lipinski definition) is 0. The van der Waals surface area contributed by atoms with E-state index in [2.05, 4.69) is 115 Å². The summed E-state index contributed by atoms with van der Waals surface area (Å²) >= 11 is 0. The first-order chi connectivity index (χ1) is 25.7. The van der Waals surface area contributed by atoms with E-state index in [-0.39, 0.29) is 0 Å². The van der Waals surface area contributed by atoms with Crippen LogP contribution in [0.5, 0.6) is 0 Å². The second-order valence-electron chi connectivity index (χ2n) is 13.2. The monoisotopic (exact) mass is 665 g/mol. The van der Waals surface area contributed by atoms with Crippen molar-refractivity contribution in [3.63, 3.8) is 0 Å². The minimum Gasteiger partial charge on any atom is -0.456 e. The molecule has 0 saturated carbocycles. The molecule has 5 nitrogen and oxygen atoms in total. The SMILES string of the molecule is c1ccc(-c2cc3c4cc(-c5nc(-c6ccc7ccccc7c6)nc(-c6cccc7oc8ccccc8c67)n5)ccc4oc3c3ccccc23)cc1. The van der Waals surface area contributed by atoms with Crippen LogP contribution in [0.2, 0.25) is 0 Å². The number of fused-ring (bicyclic) bond motifs is 9. The first-order valence-electron chi connectivity index (χ1n) is 17.3. The van der Waals surface area contributed by atoms with Crippen molar-refractivity contribution in [3.8, 4) is 45.3 Å². The molecule has 0 amide bonds. The number of benzene rings is 8. The highest BCUT2D eigenvalue weighted by molar-refractivity contribution is 6.19. The summed E-state index contributed by atoms with van der Waals surface area (Å²) in [4.78, 5) is 15.5. The Balaban J connectivity index is 1.16. The summed E-state index contributed by atoms with van der Waals surface area (Å²) in [5.41, 5.74) is 8.31. The fourth-order valence-electron chi connectivity index (χ4n) is 7.64. The highest BCUT2D eigenvalue weighted by Gasteiger charge is 2.20. The van der Waals surface area contributed by atoms with Crippen molar-refractivity contribution in [1.82, 2.24) is 15.0 Å². The van der Waals surface area contributed by atoms with E-state index in [4.69, 9.17) is 23.8 Å². The predicted molar refractivity (Wildman–Crippen MR) is 211 cm³/mol. The number of furan rings is 2. The summed E-state index contributed by atoms with van der Waals surface area (Å²) in [6, 6.07) is 56.3. The van der Waals surface area contributed by atoms with Crippen molar-refractivity contribution in [1.29, 1.82) is 0 Å². The molecule has 3 heterocycles. The van der Waals surface area contributed by atoms with Crippen LogP contribution in [-0.2, 0) is 0 Å². The van der Waals surface area contributed by atoms with Gasteiger partial charge in [-0.1, -0.05) is 121 Å². The van der Waals surface area contributed by atoms with Crippen LogP contribution in [0.4, 0.5) is 0 Å². The van der Waals surface area contributed by atoms with Gasteiger partial charge in [-0.3, -0.25) is 0 Å².